The van der Waals surface area contributed by atoms with Crippen LogP contribution >= 0.6 is 22.6 Å². The van der Waals surface area contributed by atoms with Crippen LogP contribution in [-0.2, 0) is 9.59 Å². The van der Waals surface area contributed by atoms with Crippen LogP contribution < -0.4 is 19.7 Å². The molecular formula is C21H19IN2O5. The molecule has 2 aromatic carbocycles. The van der Waals surface area contributed by atoms with E-state index in [2.05, 4.69) is 27.9 Å². The van der Waals surface area contributed by atoms with Gasteiger partial charge in [-0.25, -0.2) is 9.69 Å². The Bertz CT molecular complexity index is 1000. The van der Waals surface area contributed by atoms with Crippen molar-refractivity contribution in [2.45, 2.75) is 20.0 Å². The number of benzene rings is 2. The number of carbonyl (C=O) groups is 3. The monoisotopic (exact) mass is 506 g/mol. The van der Waals surface area contributed by atoms with Crippen molar-refractivity contribution >= 4 is 52.2 Å². The molecule has 0 atom stereocenters. The highest BCUT2D eigenvalue weighted by Gasteiger charge is 2.36. The number of amides is 4. The Morgan fingerprint density at radius 2 is 1.79 bits per heavy atom. The highest BCUT2D eigenvalue weighted by atomic mass is 127. The highest BCUT2D eigenvalue weighted by Crippen LogP contribution is 2.35. The molecule has 4 amide bonds. The fourth-order valence-corrected chi connectivity index (χ4v) is 3.56. The number of nitrogens with one attached hydrogen (secondary N) is 1. The molecule has 0 saturated carbocycles. The lowest BCUT2D eigenvalue weighted by Gasteiger charge is -2.26. The van der Waals surface area contributed by atoms with Crippen molar-refractivity contribution in [2.24, 2.45) is 0 Å². The number of anilines is 1. The molecule has 1 N–H and O–H groups in total. The number of halogens is 1. The summed E-state index contributed by atoms with van der Waals surface area (Å²) in [5, 5.41) is 2.21. The first-order valence-electron chi connectivity index (χ1n) is 8.82. The molecule has 150 valence electrons. The van der Waals surface area contributed by atoms with Crippen LogP contribution in [0.3, 0.4) is 0 Å². The average molecular weight is 506 g/mol. The molecule has 1 fully saturated rings. The van der Waals surface area contributed by atoms with E-state index < -0.39 is 17.8 Å². The number of imide groups is 2. The summed E-state index contributed by atoms with van der Waals surface area (Å²) in [6.45, 7) is 3.82. The van der Waals surface area contributed by atoms with Crippen LogP contribution in [0.15, 0.2) is 48.0 Å². The Morgan fingerprint density at radius 1 is 1.10 bits per heavy atom. The summed E-state index contributed by atoms with van der Waals surface area (Å²) in [4.78, 5) is 38.4. The molecule has 29 heavy (non-hydrogen) atoms. The van der Waals surface area contributed by atoms with E-state index in [0.29, 0.717) is 22.7 Å². The lowest BCUT2D eigenvalue weighted by atomic mass is 10.1. The third-order valence-corrected chi connectivity index (χ3v) is 4.83. The maximum atomic E-state index is 12.9. The first kappa shape index (κ1) is 20.8. The third kappa shape index (κ3) is 4.42. The maximum Gasteiger partial charge on any atom is 0.335 e. The van der Waals surface area contributed by atoms with Crippen molar-refractivity contribution in [2.75, 3.05) is 12.0 Å². The summed E-state index contributed by atoms with van der Waals surface area (Å²) >= 11 is 2.11. The molecule has 1 aliphatic heterocycles. The van der Waals surface area contributed by atoms with Gasteiger partial charge >= 0.3 is 6.03 Å². The van der Waals surface area contributed by atoms with E-state index in [0.717, 1.165) is 8.47 Å². The van der Waals surface area contributed by atoms with Gasteiger partial charge in [0.15, 0.2) is 11.5 Å². The number of ether oxygens (including phenoxy) is 2. The molecule has 2 aromatic rings. The summed E-state index contributed by atoms with van der Waals surface area (Å²) in [7, 11) is 1.52. The zero-order valence-electron chi connectivity index (χ0n) is 16.1. The fraction of sp³-hybridized carbons (Fsp3) is 0.190. The SMILES string of the molecule is COc1cc(C=C2C(=O)NC(=O)N(c3ccccc3)C2=O)cc(I)c1OC(C)C. The number of hydrogen-bond donors (Lipinski definition) is 1. The molecule has 0 unspecified atom stereocenters. The van der Waals surface area contributed by atoms with Crippen LogP contribution in [0, 0.1) is 3.57 Å². The van der Waals surface area contributed by atoms with Gasteiger partial charge in [-0.3, -0.25) is 14.9 Å². The fourth-order valence-electron chi connectivity index (χ4n) is 2.81. The molecule has 1 heterocycles. The summed E-state index contributed by atoms with van der Waals surface area (Å²) in [6.07, 6.45) is 1.39. The molecule has 0 aromatic heterocycles. The Hall–Kier alpha value is -2.88. The molecule has 1 aliphatic rings. The first-order valence-corrected chi connectivity index (χ1v) is 9.90. The van der Waals surface area contributed by atoms with Crippen molar-refractivity contribution in [3.05, 3.63) is 57.2 Å². The lowest BCUT2D eigenvalue weighted by molar-refractivity contribution is -0.122. The minimum atomic E-state index is -0.781. The van der Waals surface area contributed by atoms with E-state index in [1.807, 2.05) is 13.8 Å². The number of urea groups is 1. The van der Waals surface area contributed by atoms with Gasteiger partial charge in [-0.2, -0.15) is 0 Å². The molecule has 0 radical (unpaired) electrons. The molecule has 8 heteroatoms. The Morgan fingerprint density at radius 3 is 2.41 bits per heavy atom. The zero-order chi connectivity index (χ0) is 21.1. The Kier molecular flexibility index (Phi) is 6.21. The number of hydrogen-bond acceptors (Lipinski definition) is 5. The standard InChI is InChI=1S/C21H19IN2O5/c1-12(2)29-18-16(22)10-13(11-17(18)28-3)9-15-19(25)23-21(27)24(20(15)26)14-7-5-4-6-8-14/h4-12H,1-3H3,(H,23,25,27). The molecule has 0 aliphatic carbocycles. The third-order valence-electron chi connectivity index (χ3n) is 4.03. The van der Waals surface area contributed by atoms with E-state index in [1.54, 1.807) is 42.5 Å². The molecular weight excluding hydrogens is 487 g/mol. The summed E-state index contributed by atoms with van der Waals surface area (Å²) in [5.41, 5.74) is 0.799. The predicted molar refractivity (Wildman–Crippen MR) is 117 cm³/mol. The summed E-state index contributed by atoms with van der Waals surface area (Å²) < 4.78 is 12.0. The van der Waals surface area contributed by atoms with Gasteiger partial charge in [0.1, 0.15) is 5.57 Å². The van der Waals surface area contributed by atoms with Crippen LogP contribution in [0.1, 0.15) is 19.4 Å². The summed E-state index contributed by atoms with van der Waals surface area (Å²) in [6, 6.07) is 11.1. The van der Waals surface area contributed by atoms with E-state index in [9.17, 15) is 14.4 Å². The quantitative estimate of drug-likeness (QED) is 0.380. The van der Waals surface area contributed by atoms with Gasteiger partial charge in [-0.05, 0) is 72.3 Å². The number of para-hydroxylation sites is 1. The Labute approximate surface area is 181 Å². The number of methoxy groups -OCH3 is 1. The molecule has 0 bridgehead atoms. The second-order valence-corrected chi connectivity index (χ2v) is 7.66. The van der Waals surface area contributed by atoms with Crippen molar-refractivity contribution in [1.29, 1.82) is 0 Å². The zero-order valence-corrected chi connectivity index (χ0v) is 18.2. The minimum absolute atomic E-state index is 0.0437. The maximum absolute atomic E-state index is 12.9. The predicted octanol–water partition coefficient (Wildman–Crippen LogP) is 3.75. The van der Waals surface area contributed by atoms with Crippen molar-refractivity contribution < 1.29 is 23.9 Å². The molecule has 3 rings (SSSR count). The van der Waals surface area contributed by atoms with Gasteiger partial charge in [0.25, 0.3) is 11.8 Å². The van der Waals surface area contributed by atoms with E-state index in [4.69, 9.17) is 9.47 Å². The van der Waals surface area contributed by atoms with Gasteiger partial charge in [0.05, 0.1) is 22.5 Å². The van der Waals surface area contributed by atoms with Gasteiger partial charge in [0.2, 0.25) is 0 Å². The van der Waals surface area contributed by atoms with Crippen LogP contribution in [0.4, 0.5) is 10.5 Å². The van der Waals surface area contributed by atoms with E-state index in [1.165, 1.54) is 13.2 Å². The van der Waals surface area contributed by atoms with Gasteiger partial charge in [-0.1, -0.05) is 18.2 Å². The number of nitrogens with zero attached hydrogens (tertiary/aromatic N) is 1. The second kappa shape index (κ2) is 8.64. The van der Waals surface area contributed by atoms with Gasteiger partial charge < -0.3 is 9.47 Å². The van der Waals surface area contributed by atoms with Crippen LogP contribution in [0.25, 0.3) is 6.08 Å². The molecule has 0 spiro atoms. The smallest absolute Gasteiger partial charge is 0.335 e. The van der Waals surface area contributed by atoms with Crippen molar-refractivity contribution in [3.63, 3.8) is 0 Å². The highest BCUT2D eigenvalue weighted by molar-refractivity contribution is 14.1. The molecule has 7 nitrogen and oxygen atoms in total. The van der Waals surface area contributed by atoms with E-state index >= 15 is 0 Å². The van der Waals surface area contributed by atoms with E-state index in [-0.39, 0.29) is 11.7 Å². The largest absolute Gasteiger partial charge is 0.493 e. The number of rotatable bonds is 5. The van der Waals surface area contributed by atoms with Crippen molar-refractivity contribution in [3.8, 4) is 11.5 Å². The lowest BCUT2D eigenvalue weighted by Crippen LogP contribution is -2.54. The second-order valence-electron chi connectivity index (χ2n) is 6.49. The van der Waals surface area contributed by atoms with Gasteiger partial charge in [-0.15, -0.1) is 0 Å². The first-order chi connectivity index (χ1) is 13.8. The van der Waals surface area contributed by atoms with Gasteiger partial charge in [0, 0.05) is 0 Å². The number of barbiturate groups is 1. The van der Waals surface area contributed by atoms with Crippen molar-refractivity contribution in [1.82, 2.24) is 5.32 Å². The topological polar surface area (TPSA) is 84.9 Å². The normalized spacial score (nSPS) is 15.7. The van der Waals surface area contributed by atoms with Crippen LogP contribution in [0.5, 0.6) is 11.5 Å². The van der Waals surface area contributed by atoms with Crippen LogP contribution in [0.2, 0.25) is 0 Å². The number of carbonyl (C=O) groups excluding carboxylic acids is 3. The molecule has 1 saturated heterocycles. The minimum Gasteiger partial charge on any atom is -0.493 e. The Balaban J connectivity index is 2.02. The van der Waals surface area contributed by atoms with Crippen LogP contribution in [-0.4, -0.2) is 31.1 Å². The average Bonchev–Trinajstić information content (AvgIpc) is 2.67. The summed E-state index contributed by atoms with van der Waals surface area (Å²) in [5.74, 6) is -0.368.